The van der Waals surface area contributed by atoms with Crippen LogP contribution in [0.3, 0.4) is 0 Å². The van der Waals surface area contributed by atoms with Gasteiger partial charge in [0, 0.05) is 43.7 Å². The van der Waals surface area contributed by atoms with Crippen LogP contribution in [0.4, 0.5) is 16.2 Å². The maximum atomic E-state index is 13.1. The molecule has 0 radical (unpaired) electrons. The number of Topliss-reactive ketones (excluding diaryl/α,β-unsaturated/α-hetero) is 1. The number of carbonyl (C=O) groups excluding carboxylic acids is 2. The minimum absolute atomic E-state index is 0.0289. The van der Waals surface area contributed by atoms with Crippen molar-refractivity contribution in [2.75, 3.05) is 35.3 Å². The SMILES string of the molecule is CN1c2cc(C(=O)CCCCN(CCc3ccccc3Cl)C(=O)OC(C)(C)C)cc3c2N(CCC3)S1(=O)=O. The van der Waals surface area contributed by atoms with Gasteiger partial charge in [-0.3, -0.25) is 13.4 Å². The maximum absolute atomic E-state index is 13.1. The van der Waals surface area contributed by atoms with E-state index in [9.17, 15) is 18.0 Å². The van der Waals surface area contributed by atoms with E-state index in [-0.39, 0.29) is 11.9 Å². The van der Waals surface area contributed by atoms with Crippen molar-refractivity contribution < 1.29 is 22.7 Å². The van der Waals surface area contributed by atoms with E-state index < -0.39 is 15.8 Å². The zero-order valence-electron chi connectivity index (χ0n) is 22.5. The average molecular weight is 562 g/mol. The average Bonchev–Trinajstić information content (AvgIpc) is 3.05. The molecule has 0 saturated carbocycles. The zero-order chi connectivity index (χ0) is 27.7. The molecular weight excluding hydrogens is 526 g/mol. The molecule has 0 atom stereocenters. The molecule has 0 aliphatic carbocycles. The van der Waals surface area contributed by atoms with Crippen molar-refractivity contribution in [3.8, 4) is 0 Å². The molecule has 0 fully saturated rings. The number of unbranched alkanes of at least 4 members (excludes halogenated alkanes) is 1. The third kappa shape index (κ3) is 6.10. The number of amides is 1. The highest BCUT2D eigenvalue weighted by atomic mass is 35.5. The lowest BCUT2D eigenvalue weighted by molar-refractivity contribution is 0.0249. The Hall–Kier alpha value is -2.78. The molecule has 0 spiro atoms. The van der Waals surface area contributed by atoms with E-state index >= 15 is 0 Å². The number of carbonyl (C=O) groups is 2. The van der Waals surface area contributed by atoms with Gasteiger partial charge in [0.25, 0.3) is 0 Å². The lowest BCUT2D eigenvalue weighted by Gasteiger charge is -2.27. The van der Waals surface area contributed by atoms with Crippen molar-refractivity contribution in [1.29, 1.82) is 0 Å². The van der Waals surface area contributed by atoms with Gasteiger partial charge in [0.2, 0.25) is 0 Å². The minimum Gasteiger partial charge on any atom is -0.444 e. The number of hydrogen-bond donors (Lipinski definition) is 0. The summed E-state index contributed by atoms with van der Waals surface area (Å²) in [6, 6.07) is 11.1. The Bertz CT molecular complexity index is 1320. The smallest absolute Gasteiger partial charge is 0.410 e. The van der Waals surface area contributed by atoms with E-state index in [4.69, 9.17) is 16.3 Å². The second-order valence-electron chi connectivity index (χ2n) is 10.8. The lowest BCUT2D eigenvalue weighted by atomic mass is 9.96. The summed E-state index contributed by atoms with van der Waals surface area (Å²) in [6.07, 6.45) is 3.23. The Morgan fingerprint density at radius 3 is 2.55 bits per heavy atom. The van der Waals surface area contributed by atoms with E-state index in [1.165, 1.54) is 15.7 Å². The molecule has 0 aromatic heterocycles. The molecule has 0 bridgehead atoms. The first-order valence-corrected chi connectivity index (χ1v) is 14.8. The fourth-order valence-electron chi connectivity index (χ4n) is 4.90. The number of benzene rings is 2. The number of anilines is 2. The molecule has 38 heavy (non-hydrogen) atoms. The number of rotatable bonds is 9. The monoisotopic (exact) mass is 561 g/mol. The van der Waals surface area contributed by atoms with Crippen LogP contribution in [-0.4, -0.2) is 57.5 Å². The van der Waals surface area contributed by atoms with Crippen LogP contribution < -0.4 is 8.61 Å². The standard InChI is InChI=1S/C28H36ClN3O5S/c1-28(2,3)37-27(34)31(17-14-20-10-5-6-12-23(20)29)15-8-7-13-25(33)22-18-21-11-9-16-32-26(21)24(19-22)30(4)38(32,35)36/h5-6,10,12,18-19H,7-9,11,13-17H2,1-4H3. The van der Waals surface area contributed by atoms with Gasteiger partial charge in [0.15, 0.2) is 5.78 Å². The van der Waals surface area contributed by atoms with Gasteiger partial charge >= 0.3 is 16.3 Å². The van der Waals surface area contributed by atoms with Crippen LogP contribution in [0, 0.1) is 0 Å². The first-order valence-electron chi connectivity index (χ1n) is 13.1. The van der Waals surface area contributed by atoms with E-state index in [0.717, 1.165) is 24.0 Å². The molecular formula is C28H36ClN3O5S. The molecule has 2 aliphatic rings. The van der Waals surface area contributed by atoms with Gasteiger partial charge in [-0.2, -0.15) is 8.42 Å². The number of ether oxygens (including phenoxy) is 1. The van der Waals surface area contributed by atoms with E-state index in [0.29, 0.717) is 67.3 Å². The summed E-state index contributed by atoms with van der Waals surface area (Å²) in [5, 5.41) is 0.664. The summed E-state index contributed by atoms with van der Waals surface area (Å²) < 4.78 is 33.8. The van der Waals surface area contributed by atoms with Crippen molar-refractivity contribution in [3.63, 3.8) is 0 Å². The highest BCUT2D eigenvalue weighted by Crippen LogP contribution is 2.46. The molecule has 4 rings (SSSR count). The largest absolute Gasteiger partial charge is 0.444 e. The van der Waals surface area contributed by atoms with Gasteiger partial charge in [0.1, 0.15) is 5.60 Å². The van der Waals surface area contributed by atoms with Crippen molar-refractivity contribution in [3.05, 3.63) is 58.1 Å². The Labute approximate surface area is 230 Å². The molecule has 2 aromatic carbocycles. The molecule has 2 aliphatic heterocycles. The fraction of sp³-hybridized carbons (Fsp3) is 0.500. The summed E-state index contributed by atoms with van der Waals surface area (Å²) in [6.45, 7) is 6.88. The third-order valence-corrected chi connectivity index (χ3v) is 9.03. The predicted octanol–water partition coefficient (Wildman–Crippen LogP) is 5.62. The minimum atomic E-state index is -3.57. The second-order valence-corrected chi connectivity index (χ2v) is 13.1. The van der Waals surface area contributed by atoms with E-state index in [1.54, 1.807) is 11.0 Å². The van der Waals surface area contributed by atoms with Crippen molar-refractivity contribution in [2.45, 2.75) is 64.9 Å². The normalized spacial score (nSPS) is 15.8. The number of aryl methyl sites for hydroxylation is 1. The summed E-state index contributed by atoms with van der Waals surface area (Å²) in [4.78, 5) is 27.6. The van der Waals surface area contributed by atoms with E-state index in [1.807, 2.05) is 51.1 Å². The fourth-order valence-corrected chi connectivity index (χ4v) is 6.61. The van der Waals surface area contributed by atoms with Crippen molar-refractivity contribution in [1.82, 2.24) is 4.90 Å². The van der Waals surface area contributed by atoms with Gasteiger partial charge in [-0.15, -0.1) is 0 Å². The molecule has 10 heteroatoms. The zero-order valence-corrected chi connectivity index (χ0v) is 24.1. The Morgan fingerprint density at radius 1 is 1.11 bits per heavy atom. The molecule has 0 N–H and O–H groups in total. The summed E-state index contributed by atoms with van der Waals surface area (Å²) in [5.74, 6) is -0.0289. The van der Waals surface area contributed by atoms with Crippen LogP contribution >= 0.6 is 11.6 Å². The molecule has 2 heterocycles. The molecule has 8 nitrogen and oxygen atoms in total. The molecule has 1 amide bonds. The number of ketones is 1. The van der Waals surface area contributed by atoms with E-state index in [2.05, 4.69) is 0 Å². The van der Waals surface area contributed by atoms with Gasteiger partial charge in [-0.1, -0.05) is 29.8 Å². The Balaban J connectivity index is 1.38. The topological polar surface area (TPSA) is 87.2 Å². The van der Waals surface area contributed by atoms with Crippen LogP contribution in [-0.2, 0) is 27.8 Å². The summed E-state index contributed by atoms with van der Waals surface area (Å²) in [5.41, 5.74) is 3.07. The Kier molecular flexibility index (Phi) is 8.28. The first-order chi connectivity index (χ1) is 17.9. The van der Waals surface area contributed by atoms with Gasteiger partial charge in [0.05, 0.1) is 11.4 Å². The summed E-state index contributed by atoms with van der Waals surface area (Å²) in [7, 11) is -2.04. The van der Waals surface area contributed by atoms with Gasteiger partial charge in [-0.25, -0.2) is 4.79 Å². The Morgan fingerprint density at radius 2 is 1.84 bits per heavy atom. The number of halogens is 1. The van der Waals surface area contributed by atoms with Crippen molar-refractivity contribution in [2.24, 2.45) is 0 Å². The van der Waals surface area contributed by atoms with Gasteiger partial charge < -0.3 is 9.64 Å². The van der Waals surface area contributed by atoms with Gasteiger partial charge in [-0.05, 0) is 82.2 Å². The molecule has 0 saturated heterocycles. The van der Waals surface area contributed by atoms with Crippen LogP contribution in [0.1, 0.15) is 67.9 Å². The van der Waals surface area contributed by atoms with Crippen LogP contribution in [0.15, 0.2) is 36.4 Å². The first kappa shape index (κ1) is 28.2. The quantitative estimate of drug-likeness (QED) is 0.293. The molecule has 0 unspecified atom stereocenters. The highest BCUT2D eigenvalue weighted by molar-refractivity contribution is 7.94. The van der Waals surface area contributed by atoms with Crippen molar-refractivity contribution >= 4 is 45.1 Å². The second kappa shape index (κ2) is 11.1. The summed E-state index contributed by atoms with van der Waals surface area (Å²) >= 11 is 6.30. The molecule has 2 aromatic rings. The highest BCUT2D eigenvalue weighted by Gasteiger charge is 2.41. The molecule has 206 valence electrons. The lowest BCUT2D eigenvalue weighted by Crippen LogP contribution is -2.38. The van der Waals surface area contributed by atoms with Crippen LogP contribution in [0.25, 0.3) is 0 Å². The third-order valence-electron chi connectivity index (χ3n) is 6.85. The van der Waals surface area contributed by atoms with Crippen LogP contribution in [0.2, 0.25) is 5.02 Å². The number of nitrogens with zero attached hydrogens (tertiary/aromatic N) is 3. The van der Waals surface area contributed by atoms with Crippen LogP contribution in [0.5, 0.6) is 0 Å². The number of hydrogen-bond acceptors (Lipinski definition) is 5. The maximum Gasteiger partial charge on any atom is 0.410 e. The predicted molar refractivity (Wildman–Crippen MR) is 151 cm³/mol.